The lowest BCUT2D eigenvalue weighted by Gasteiger charge is -2.44. The third kappa shape index (κ3) is 5.30. The third-order valence-corrected chi connectivity index (χ3v) is 4.34. The lowest BCUT2D eigenvalue weighted by atomic mass is 10.0. The zero-order chi connectivity index (χ0) is 15.1. The van der Waals surface area contributed by atoms with E-state index in [-0.39, 0.29) is 24.4 Å². The molecule has 0 aromatic heterocycles. The molecule has 0 aliphatic carbocycles. The second-order valence-electron chi connectivity index (χ2n) is 5.92. The average molecular weight is 288 g/mol. The highest BCUT2D eigenvalue weighted by Gasteiger charge is 2.32. The molecule has 0 saturated carbocycles. The van der Waals surface area contributed by atoms with Crippen LogP contribution in [0.2, 0.25) is 0 Å². The predicted molar refractivity (Wildman–Crippen MR) is 80.7 cm³/mol. The first-order valence-corrected chi connectivity index (χ1v) is 8.02. The Hall–Kier alpha value is -0.200. The number of hydrogen-bond acceptors (Lipinski definition) is 5. The molecule has 0 amide bonds. The molecule has 1 heterocycles. The Kier molecular flexibility index (Phi) is 7.99. The van der Waals surface area contributed by atoms with Crippen molar-refractivity contribution < 1.29 is 15.3 Å². The van der Waals surface area contributed by atoms with Crippen molar-refractivity contribution in [1.29, 1.82) is 0 Å². The van der Waals surface area contributed by atoms with Gasteiger partial charge in [-0.1, -0.05) is 20.8 Å². The summed E-state index contributed by atoms with van der Waals surface area (Å²) in [5.74, 6) is 0. The van der Waals surface area contributed by atoms with Crippen LogP contribution >= 0.6 is 0 Å². The van der Waals surface area contributed by atoms with Crippen molar-refractivity contribution in [3.8, 4) is 0 Å². The van der Waals surface area contributed by atoms with Crippen LogP contribution in [-0.2, 0) is 0 Å². The number of β-amino-alcohol motifs (C(OH)–C–C–N with tert-alkyl or cyclic N) is 2. The molecule has 120 valence electrons. The zero-order valence-electron chi connectivity index (χ0n) is 13.2. The lowest BCUT2D eigenvalue weighted by Crippen LogP contribution is -2.59. The molecule has 1 fully saturated rings. The van der Waals surface area contributed by atoms with Gasteiger partial charge in [0.05, 0.1) is 18.3 Å². The predicted octanol–water partition coefficient (Wildman–Crippen LogP) is 0.285. The molecule has 4 unspecified atom stereocenters. The Labute approximate surface area is 123 Å². The SMILES string of the molecule is CCC(O)CN1CCN(CC(O)CC)C(C(O)CC)C1. The average Bonchev–Trinajstić information content (AvgIpc) is 2.47. The molecule has 5 heteroatoms. The molecule has 4 atom stereocenters. The molecular weight excluding hydrogens is 256 g/mol. The molecule has 3 N–H and O–H groups in total. The monoisotopic (exact) mass is 288 g/mol. The highest BCUT2D eigenvalue weighted by Crippen LogP contribution is 2.17. The lowest BCUT2D eigenvalue weighted by molar-refractivity contribution is -0.0360. The Bertz CT molecular complexity index is 266. The van der Waals surface area contributed by atoms with E-state index in [9.17, 15) is 15.3 Å². The van der Waals surface area contributed by atoms with Gasteiger partial charge in [-0.15, -0.1) is 0 Å². The first-order valence-electron chi connectivity index (χ1n) is 8.02. The van der Waals surface area contributed by atoms with E-state index in [1.54, 1.807) is 0 Å². The normalized spacial score (nSPS) is 26.4. The summed E-state index contributed by atoms with van der Waals surface area (Å²) in [7, 11) is 0. The largest absolute Gasteiger partial charge is 0.392 e. The minimum Gasteiger partial charge on any atom is -0.392 e. The van der Waals surface area contributed by atoms with Crippen molar-refractivity contribution >= 4 is 0 Å². The zero-order valence-corrected chi connectivity index (χ0v) is 13.2. The maximum Gasteiger partial charge on any atom is 0.0705 e. The molecule has 1 rings (SSSR count). The highest BCUT2D eigenvalue weighted by atomic mass is 16.3. The fraction of sp³-hybridized carbons (Fsp3) is 1.00. The summed E-state index contributed by atoms with van der Waals surface area (Å²) >= 11 is 0. The molecule has 5 nitrogen and oxygen atoms in total. The van der Waals surface area contributed by atoms with E-state index in [4.69, 9.17) is 0 Å². The first-order chi connectivity index (χ1) is 9.51. The van der Waals surface area contributed by atoms with E-state index in [0.29, 0.717) is 19.5 Å². The van der Waals surface area contributed by atoms with Gasteiger partial charge in [0.15, 0.2) is 0 Å². The van der Waals surface area contributed by atoms with E-state index >= 15 is 0 Å². The Balaban J connectivity index is 2.61. The van der Waals surface area contributed by atoms with Gasteiger partial charge < -0.3 is 15.3 Å². The number of aliphatic hydroxyl groups excluding tert-OH is 3. The number of hydrogen-bond donors (Lipinski definition) is 3. The standard InChI is InChI=1S/C15H32N2O3/c1-4-12(18)9-16-7-8-17(10-13(19)5-2)14(11-16)15(20)6-3/h12-15,18-20H,4-11H2,1-3H3. The summed E-state index contributed by atoms with van der Waals surface area (Å²) in [6.07, 6.45) is 1.23. The Morgan fingerprint density at radius 3 is 2.05 bits per heavy atom. The number of piperazine rings is 1. The van der Waals surface area contributed by atoms with Crippen molar-refractivity contribution in [2.75, 3.05) is 32.7 Å². The van der Waals surface area contributed by atoms with Gasteiger partial charge in [0.25, 0.3) is 0 Å². The van der Waals surface area contributed by atoms with E-state index in [1.165, 1.54) is 0 Å². The topological polar surface area (TPSA) is 67.2 Å². The second kappa shape index (κ2) is 8.95. The van der Waals surface area contributed by atoms with Crippen LogP contribution in [0, 0.1) is 0 Å². The van der Waals surface area contributed by atoms with Crippen LogP contribution < -0.4 is 0 Å². The van der Waals surface area contributed by atoms with E-state index < -0.39 is 0 Å². The van der Waals surface area contributed by atoms with Gasteiger partial charge >= 0.3 is 0 Å². The van der Waals surface area contributed by atoms with Crippen LogP contribution in [0.15, 0.2) is 0 Å². The smallest absolute Gasteiger partial charge is 0.0705 e. The summed E-state index contributed by atoms with van der Waals surface area (Å²) < 4.78 is 0. The summed E-state index contributed by atoms with van der Waals surface area (Å²) in [6.45, 7) is 9.74. The van der Waals surface area contributed by atoms with Gasteiger partial charge in [0.2, 0.25) is 0 Å². The second-order valence-corrected chi connectivity index (χ2v) is 5.92. The Morgan fingerprint density at radius 2 is 1.50 bits per heavy atom. The van der Waals surface area contributed by atoms with Gasteiger partial charge in [0.1, 0.15) is 0 Å². The molecule has 0 radical (unpaired) electrons. The summed E-state index contributed by atoms with van der Waals surface area (Å²) in [4.78, 5) is 4.43. The minimum atomic E-state index is -0.374. The van der Waals surface area contributed by atoms with Gasteiger partial charge in [-0.2, -0.15) is 0 Å². The van der Waals surface area contributed by atoms with Crippen molar-refractivity contribution in [3.05, 3.63) is 0 Å². The number of aliphatic hydroxyl groups is 3. The summed E-state index contributed by atoms with van der Waals surface area (Å²) in [5.41, 5.74) is 0. The number of nitrogens with zero attached hydrogens (tertiary/aromatic N) is 2. The molecule has 0 aromatic carbocycles. The first kappa shape index (κ1) is 17.9. The molecule has 1 aliphatic heterocycles. The molecule has 20 heavy (non-hydrogen) atoms. The highest BCUT2D eigenvalue weighted by molar-refractivity contribution is 4.88. The van der Waals surface area contributed by atoms with E-state index in [0.717, 1.165) is 32.5 Å². The minimum absolute atomic E-state index is 0.0546. The molecule has 0 aromatic rings. The maximum atomic E-state index is 10.2. The van der Waals surface area contributed by atoms with Gasteiger partial charge in [-0.25, -0.2) is 0 Å². The molecule has 0 spiro atoms. The number of rotatable bonds is 8. The van der Waals surface area contributed by atoms with E-state index in [2.05, 4.69) is 9.80 Å². The molecule has 1 saturated heterocycles. The molecule has 1 aliphatic rings. The molecule has 0 bridgehead atoms. The van der Waals surface area contributed by atoms with Crippen LogP contribution in [0.5, 0.6) is 0 Å². The third-order valence-electron chi connectivity index (χ3n) is 4.34. The van der Waals surface area contributed by atoms with Gasteiger partial charge in [-0.3, -0.25) is 9.80 Å². The van der Waals surface area contributed by atoms with Crippen LogP contribution in [0.25, 0.3) is 0 Å². The summed E-state index contributed by atoms with van der Waals surface area (Å²) in [6, 6.07) is 0.0546. The van der Waals surface area contributed by atoms with Crippen molar-refractivity contribution in [3.63, 3.8) is 0 Å². The fourth-order valence-electron chi connectivity index (χ4n) is 2.76. The quantitative estimate of drug-likeness (QED) is 0.599. The van der Waals surface area contributed by atoms with Gasteiger partial charge in [-0.05, 0) is 19.3 Å². The molecular formula is C15H32N2O3. The fourth-order valence-corrected chi connectivity index (χ4v) is 2.76. The van der Waals surface area contributed by atoms with E-state index in [1.807, 2.05) is 20.8 Å². The van der Waals surface area contributed by atoms with Crippen LogP contribution in [0.1, 0.15) is 40.0 Å². The Morgan fingerprint density at radius 1 is 0.900 bits per heavy atom. The van der Waals surface area contributed by atoms with Crippen molar-refractivity contribution in [2.24, 2.45) is 0 Å². The van der Waals surface area contributed by atoms with Crippen LogP contribution in [0.4, 0.5) is 0 Å². The summed E-state index contributed by atoms with van der Waals surface area (Å²) in [5, 5.41) is 29.9. The maximum absolute atomic E-state index is 10.2. The van der Waals surface area contributed by atoms with Crippen LogP contribution in [-0.4, -0.2) is 82.2 Å². The van der Waals surface area contributed by atoms with Gasteiger partial charge in [0, 0.05) is 38.8 Å². The van der Waals surface area contributed by atoms with Crippen molar-refractivity contribution in [2.45, 2.75) is 64.4 Å². The van der Waals surface area contributed by atoms with Crippen LogP contribution in [0.3, 0.4) is 0 Å². The van der Waals surface area contributed by atoms with Crippen molar-refractivity contribution in [1.82, 2.24) is 9.80 Å².